The number of sulfonamides is 1. The van der Waals surface area contributed by atoms with Gasteiger partial charge in [0.25, 0.3) is 15.9 Å². The lowest BCUT2D eigenvalue weighted by Gasteiger charge is -2.08. The van der Waals surface area contributed by atoms with Crippen LogP contribution in [0, 0.1) is 0 Å². The van der Waals surface area contributed by atoms with Gasteiger partial charge in [-0.2, -0.15) is 0 Å². The quantitative estimate of drug-likeness (QED) is 0.670. The fourth-order valence-corrected chi connectivity index (χ4v) is 3.18. The van der Waals surface area contributed by atoms with Crippen LogP contribution >= 0.6 is 23.2 Å². The number of ether oxygens (including phenoxy) is 1. The van der Waals surface area contributed by atoms with E-state index in [0.29, 0.717) is 5.02 Å². The molecule has 0 aliphatic heterocycles. The maximum atomic E-state index is 12.0. The molecule has 1 heterocycles. The normalized spacial score (nSPS) is 11.4. The van der Waals surface area contributed by atoms with Crippen LogP contribution in [0.1, 0.15) is 16.1 Å². The Labute approximate surface area is 166 Å². The molecule has 0 saturated carbocycles. The Kier molecular flexibility index (Phi) is 6.88. The summed E-state index contributed by atoms with van der Waals surface area (Å²) in [6.07, 6.45) is 0. The van der Waals surface area contributed by atoms with Crippen molar-refractivity contribution < 1.29 is 27.2 Å². The minimum atomic E-state index is -3.71. The molecule has 2 aromatic rings. The van der Waals surface area contributed by atoms with Crippen molar-refractivity contribution in [3.8, 4) is 0 Å². The van der Waals surface area contributed by atoms with Gasteiger partial charge in [-0.05, 0) is 30.3 Å². The fraction of sp³-hybridized carbons (Fsp3) is 0.250. The molecule has 8 nitrogen and oxygen atoms in total. The van der Waals surface area contributed by atoms with Crippen LogP contribution in [-0.4, -0.2) is 45.2 Å². The highest BCUT2D eigenvalue weighted by Gasteiger charge is 2.22. The Hall–Kier alpha value is -2.07. The molecule has 27 heavy (non-hydrogen) atoms. The molecule has 0 fully saturated rings. The third-order valence-corrected chi connectivity index (χ3v) is 5.55. The summed E-state index contributed by atoms with van der Waals surface area (Å²) in [6.45, 7) is -0.680. The van der Waals surface area contributed by atoms with Gasteiger partial charge in [0.1, 0.15) is 18.9 Å². The Morgan fingerprint density at radius 2 is 1.89 bits per heavy atom. The minimum Gasteiger partial charge on any atom is -0.456 e. The van der Waals surface area contributed by atoms with Crippen LogP contribution in [0.5, 0.6) is 0 Å². The van der Waals surface area contributed by atoms with Crippen LogP contribution in [0.15, 0.2) is 39.8 Å². The summed E-state index contributed by atoms with van der Waals surface area (Å²) in [4.78, 5) is 23.7. The van der Waals surface area contributed by atoms with E-state index in [1.54, 1.807) is 0 Å². The number of esters is 1. The van der Waals surface area contributed by atoms with Crippen LogP contribution < -0.4 is 5.32 Å². The van der Waals surface area contributed by atoms with Crippen LogP contribution in [0.2, 0.25) is 10.0 Å². The van der Waals surface area contributed by atoms with Gasteiger partial charge in [-0.3, -0.25) is 9.59 Å². The number of halogens is 2. The largest absolute Gasteiger partial charge is 0.456 e. The standard InChI is InChI=1S/C16H16Cl2N2O6S/c1-20(2)27(23,24)15-6-4-11(26-15)9-25-14(21)8-19-16(22)12-5-3-10(17)7-13(12)18/h3-7H,8-9H2,1-2H3,(H,19,22). The van der Waals surface area contributed by atoms with Crippen molar-refractivity contribution in [3.63, 3.8) is 0 Å². The molecular formula is C16H16Cl2N2O6S. The van der Waals surface area contributed by atoms with Gasteiger partial charge < -0.3 is 14.5 Å². The first-order valence-corrected chi connectivity index (χ1v) is 9.71. The number of hydrogen-bond acceptors (Lipinski definition) is 6. The predicted octanol–water partition coefficient (Wildman–Crippen LogP) is 2.31. The van der Waals surface area contributed by atoms with Crippen molar-refractivity contribution in [3.05, 3.63) is 51.7 Å². The lowest BCUT2D eigenvalue weighted by molar-refractivity contribution is -0.144. The SMILES string of the molecule is CN(C)S(=O)(=O)c1ccc(COC(=O)CNC(=O)c2ccc(Cl)cc2Cl)o1. The van der Waals surface area contributed by atoms with Crippen molar-refractivity contribution in [2.45, 2.75) is 11.7 Å². The first kappa shape index (κ1) is 21.2. The maximum absolute atomic E-state index is 12.0. The van der Waals surface area contributed by atoms with Gasteiger partial charge in [0, 0.05) is 19.1 Å². The van der Waals surface area contributed by atoms with E-state index in [9.17, 15) is 18.0 Å². The second-order valence-electron chi connectivity index (χ2n) is 5.48. The molecule has 0 radical (unpaired) electrons. The third-order valence-electron chi connectivity index (χ3n) is 3.32. The molecule has 0 spiro atoms. The molecule has 1 aromatic carbocycles. The summed E-state index contributed by atoms with van der Waals surface area (Å²) in [5, 5.41) is 2.64. The van der Waals surface area contributed by atoms with Crippen LogP contribution in [0.25, 0.3) is 0 Å². The van der Waals surface area contributed by atoms with Gasteiger partial charge in [-0.15, -0.1) is 0 Å². The topological polar surface area (TPSA) is 106 Å². The highest BCUT2D eigenvalue weighted by molar-refractivity contribution is 7.88. The van der Waals surface area contributed by atoms with Gasteiger partial charge in [0.15, 0.2) is 0 Å². The number of nitrogens with one attached hydrogen (secondary N) is 1. The van der Waals surface area contributed by atoms with Crippen LogP contribution in [0.4, 0.5) is 0 Å². The summed E-state index contributed by atoms with van der Waals surface area (Å²) in [5.74, 6) is -1.15. The van der Waals surface area contributed by atoms with Crippen molar-refractivity contribution in [2.75, 3.05) is 20.6 Å². The zero-order valence-electron chi connectivity index (χ0n) is 14.4. The molecular weight excluding hydrogens is 419 g/mol. The van der Waals surface area contributed by atoms with Crippen molar-refractivity contribution >= 4 is 45.1 Å². The van der Waals surface area contributed by atoms with E-state index in [-0.39, 0.29) is 28.0 Å². The summed E-state index contributed by atoms with van der Waals surface area (Å²) in [7, 11) is -0.970. The van der Waals surface area contributed by atoms with Crippen LogP contribution in [-0.2, 0) is 26.2 Å². The van der Waals surface area contributed by atoms with Crippen molar-refractivity contribution in [2.24, 2.45) is 0 Å². The smallest absolute Gasteiger partial charge is 0.325 e. The highest BCUT2D eigenvalue weighted by Crippen LogP contribution is 2.21. The van der Waals surface area contributed by atoms with E-state index in [4.69, 9.17) is 32.4 Å². The molecule has 0 atom stereocenters. The summed E-state index contributed by atoms with van der Waals surface area (Å²) >= 11 is 11.7. The molecule has 1 amide bonds. The summed E-state index contributed by atoms with van der Waals surface area (Å²) in [6, 6.07) is 6.99. The monoisotopic (exact) mass is 434 g/mol. The molecule has 0 bridgehead atoms. The lowest BCUT2D eigenvalue weighted by Crippen LogP contribution is -2.30. The molecule has 2 rings (SSSR count). The Morgan fingerprint density at radius 3 is 2.52 bits per heavy atom. The molecule has 1 aromatic heterocycles. The number of amides is 1. The van der Waals surface area contributed by atoms with E-state index >= 15 is 0 Å². The van der Waals surface area contributed by atoms with Gasteiger partial charge in [0.05, 0.1) is 10.6 Å². The number of nitrogens with zero attached hydrogens (tertiary/aromatic N) is 1. The lowest BCUT2D eigenvalue weighted by atomic mass is 10.2. The minimum absolute atomic E-state index is 0.149. The van der Waals surface area contributed by atoms with Crippen molar-refractivity contribution in [1.29, 1.82) is 0 Å². The molecule has 11 heteroatoms. The molecule has 0 aliphatic carbocycles. The van der Waals surface area contributed by atoms with E-state index in [0.717, 1.165) is 4.31 Å². The number of carbonyl (C=O) groups is 2. The Balaban J connectivity index is 1.86. The molecule has 0 saturated heterocycles. The highest BCUT2D eigenvalue weighted by atomic mass is 35.5. The predicted molar refractivity (Wildman–Crippen MR) is 98.2 cm³/mol. The van der Waals surface area contributed by atoms with Gasteiger partial charge in [-0.25, -0.2) is 12.7 Å². The van der Waals surface area contributed by atoms with Gasteiger partial charge in [-0.1, -0.05) is 23.2 Å². The van der Waals surface area contributed by atoms with E-state index < -0.39 is 28.4 Å². The number of rotatable bonds is 7. The number of benzene rings is 1. The maximum Gasteiger partial charge on any atom is 0.325 e. The molecule has 146 valence electrons. The third kappa shape index (κ3) is 5.46. The molecule has 0 aliphatic rings. The van der Waals surface area contributed by atoms with E-state index in [2.05, 4.69) is 5.32 Å². The van der Waals surface area contributed by atoms with Crippen LogP contribution in [0.3, 0.4) is 0 Å². The van der Waals surface area contributed by atoms with Gasteiger partial charge >= 0.3 is 5.97 Å². The fourth-order valence-electron chi connectivity index (χ4n) is 1.88. The number of hydrogen-bond donors (Lipinski definition) is 1. The summed E-state index contributed by atoms with van der Waals surface area (Å²) < 4.78 is 34.9. The van der Waals surface area contributed by atoms with E-state index in [1.807, 2.05) is 0 Å². The van der Waals surface area contributed by atoms with Crippen molar-refractivity contribution in [1.82, 2.24) is 9.62 Å². The Morgan fingerprint density at radius 1 is 1.19 bits per heavy atom. The van der Waals surface area contributed by atoms with E-state index in [1.165, 1.54) is 44.4 Å². The number of furan rings is 1. The second-order valence-corrected chi connectivity index (χ2v) is 8.40. The summed E-state index contributed by atoms with van der Waals surface area (Å²) in [5.41, 5.74) is 0.165. The first-order chi connectivity index (χ1) is 12.6. The first-order valence-electron chi connectivity index (χ1n) is 7.51. The zero-order valence-corrected chi connectivity index (χ0v) is 16.7. The Bertz CT molecular complexity index is 956. The molecule has 1 N–H and O–H groups in total. The second kappa shape index (κ2) is 8.75. The average Bonchev–Trinajstić information content (AvgIpc) is 3.07. The average molecular weight is 435 g/mol. The molecule has 0 unspecified atom stereocenters. The van der Waals surface area contributed by atoms with Gasteiger partial charge in [0.2, 0.25) is 5.09 Å². The number of carbonyl (C=O) groups excluding carboxylic acids is 2. The zero-order chi connectivity index (χ0) is 20.2.